The third kappa shape index (κ3) is 2.61. The number of piperidine rings is 1. The Labute approximate surface area is 106 Å². The zero-order chi connectivity index (χ0) is 13.3. The average molecular weight is 250 g/mol. The van der Waals surface area contributed by atoms with Gasteiger partial charge in [-0.1, -0.05) is 6.07 Å². The van der Waals surface area contributed by atoms with Crippen molar-refractivity contribution in [3.05, 3.63) is 33.9 Å². The highest BCUT2D eigenvalue weighted by Gasteiger charge is 2.30. The molecule has 98 valence electrons. The molecule has 0 amide bonds. The summed E-state index contributed by atoms with van der Waals surface area (Å²) in [6.45, 7) is 5.04. The number of hydrogen-bond donors (Lipinski definition) is 1. The Bertz CT molecular complexity index is 461. The van der Waals surface area contributed by atoms with E-state index < -0.39 is 5.60 Å². The number of nitro groups is 1. The summed E-state index contributed by atoms with van der Waals surface area (Å²) in [5.41, 5.74) is 1.17. The van der Waals surface area contributed by atoms with Gasteiger partial charge in [-0.2, -0.15) is 0 Å². The quantitative estimate of drug-likeness (QED) is 0.645. The summed E-state index contributed by atoms with van der Waals surface area (Å²) >= 11 is 0. The molecule has 0 unspecified atom stereocenters. The molecule has 18 heavy (non-hydrogen) atoms. The second kappa shape index (κ2) is 4.57. The lowest BCUT2D eigenvalue weighted by atomic mass is 9.93. The maximum atomic E-state index is 11.0. The van der Waals surface area contributed by atoms with Gasteiger partial charge in [0.2, 0.25) is 0 Å². The van der Waals surface area contributed by atoms with Gasteiger partial charge in [-0.05, 0) is 38.3 Å². The van der Waals surface area contributed by atoms with E-state index in [1.807, 2.05) is 24.8 Å². The highest BCUT2D eigenvalue weighted by molar-refractivity contribution is 5.64. The minimum atomic E-state index is -0.644. The van der Waals surface area contributed by atoms with Crippen molar-refractivity contribution in [1.82, 2.24) is 0 Å². The van der Waals surface area contributed by atoms with Gasteiger partial charge in [0.25, 0.3) is 5.69 Å². The van der Waals surface area contributed by atoms with E-state index in [1.54, 1.807) is 12.1 Å². The third-order valence-corrected chi connectivity index (χ3v) is 3.51. The van der Waals surface area contributed by atoms with Crippen LogP contribution >= 0.6 is 0 Å². The van der Waals surface area contributed by atoms with Crippen molar-refractivity contribution in [2.75, 3.05) is 18.0 Å². The molecule has 1 aliphatic rings. The minimum Gasteiger partial charge on any atom is -0.390 e. The first-order valence-electron chi connectivity index (χ1n) is 6.11. The van der Waals surface area contributed by atoms with Crippen molar-refractivity contribution in [3.63, 3.8) is 0 Å². The highest BCUT2D eigenvalue weighted by atomic mass is 16.6. The molecule has 1 aliphatic heterocycles. The van der Waals surface area contributed by atoms with E-state index in [4.69, 9.17) is 0 Å². The molecule has 1 heterocycles. The molecule has 1 saturated heterocycles. The summed E-state index contributed by atoms with van der Waals surface area (Å²) in [7, 11) is 0. The molecule has 1 aromatic rings. The molecule has 5 nitrogen and oxygen atoms in total. The molecule has 0 bridgehead atoms. The van der Waals surface area contributed by atoms with Gasteiger partial charge in [0.1, 0.15) is 5.69 Å². The van der Waals surface area contributed by atoms with Gasteiger partial charge < -0.3 is 10.0 Å². The van der Waals surface area contributed by atoms with Crippen LogP contribution in [-0.2, 0) is 0 Å². The Kier molecular flexibility index (Phi) is 3.26. The van der Waals surface area contributed by atoms with E-state index in [2.05, 4.69) is 0 Å². The van der Waals surface area contributed by atoms with Crippen LogP contribution in [0.1, 0.15) is 25.3 Å². The van der Waals surface area contributed by atoms with Gasteiger partial charge >= 0.3 is 0 Å². The number of rotatable bonds is 2. The van der Waals surface area contributed by atoms with E-state index in [9.17, 15) is 15.2 Å². The summed E-state index contributed by atoms with van der Waals surface area (Å²) in [5, 5.41) is 20.9. The molecule has 0 spiro atoms. The van der Waals surface area contributed by atoms with Crippen LogP contribution in [0, 0.1) is 17.0 Å². The molecule has 2 rings (SSSR count). The van der Waals surface area contributed by atoms with Crippen molar-refractivity contribution < 1.29 is 10.0 Å². The van der Waals surface area contributed by atoms with Crippen molar-refractivity contribution in [2.45, 2.75) is 32.3 Å². The molecular weight excluding hydrogens is 232 g/mol. The van der Waals surface area contributed by atoms with Crippen LogP contribution in [0.5, 0.6) is 0 Å². The standard InChI is InChI=1S/C13H18N2O3/c1-10-3-4-11(15(17)18)12(9-10)14-7-5-13(2,16)6-8-14/h3-4,9,16H,5-8H2,1-2H3. The fourth-order valence-corrected chi connectivity index (χ4v) is 2.27. The molecule has 5 heteroatoms. The fourth-order valence-electron chi connectivity index (χ4n) is 2.27. The number of nitrogens with zero attached hydrogens (tertiary/aromatic N) is 2. The van der Waals surface area contributed by atoms with Gasteiger partial charge in [0, 0.05) is 19.2 Å². The van der Waals surface area contributed by atoms with Gasteiger partial charge in [-0.15, -0.1) is 0 Å². The van der Waals surface area contributed by atoms with E-state index in [-0.39, 0.29) is 10.6 Å². The average Bonchev–Trinajstić information content (AvgIpc) is 2.28. The molecule has 0 atom stereocenters. The Balaban J connectivity index is 2.28. The maximum absolute atomic E-state index is 11.0. The normalized spacial score (nSPS) is 18.7. The Morgan fingerprint density at radius 2 is 2.00 bits per heavy atom. The summed E-state index contributed by atoms with van der Waals surface area (Å²) in [4.78, 5) is 12.7. The Morgan fingerprint density at radius 3 is 2.56 bits per heavy atom. The van der Waals surface area contributed by atoms with Gasteiger partial charge in [0.15, 0.2) is 0 Å². The first-order valence-corrected chi connectivity index (χ1v) is 6.11. The van der Waals surface area contributed by atoms with Crippen LogP contribution < -0.4 is 4.90 Å². The van der Waals surface area contributed by atoms with Crippen LogP contribution in [0.25, 0.3) is 0 Å². The zero-order valence-electron chi connectivity index (χ0n) is 10.7. The first kappa shape index (κ1) is 12.8. The molecule has 0 aromatic heterocycles. The number of aryl methyl sites for hydroxylation is 1. The van der Waals surface area contributed by atoms with Crippen molar-refractivity contribution in [2.24, 2.45) is 0 Å². The second-order valence-electron chi connectivity index (χ2n) is 5.23. The first-order chi connectivity index (χ1) is 8.39. The van der Waals surface area contributed by atoms with Crippen molar-refractivity contribution in [1.29, 1.82) is 0 Å². The summed E-state index contributed by atoms with van der Waals surface area (Å²) < 4.78 is 0. The van der Waals surface area contributed by atoms with E-state index in [0.717, 1.165) is 5.56 Å². The zero-order valence-corrected chi connectivity index (χ0v) is 10.7. The van der Waals surface area contributed by atoms with Crippen LogP contribution in [0.3, 0.4) is 0 Å². The predicted octanol–water partition coefficient (Wildman–Crippen LogP) is 2.25. The number of benzene rings is 1. The van der Waals surface area contributed by atoms with Crippen molar-refractivity contribution >= 4 is 11.4 Å². The van der Waals surface area contributed by atoms with Gasteiger partial charge in [0.05, 0.1) is 10.5 Å². The summed E-state index contributed by atoms with van der Waals surface area (Å²) in [6.07, 6.45) is 1.27. The van der Waals surface area contributed by atoms with E-state index >= 15 is 0 Å². The highest BCUT2D eigenvalue weighted by Crippen LogP contribution is 2.33. The summed E-state index contributed by atoms with van der Waals surface area (Å²) in [5.74, 6) is 0. The second-order valence-corrected chi connectivity index (χ2v) is 5.23. The minimum absolute atomic E-state index is 0.141. The van der Waals surface area contributed by atoms with E-state index in [0.29, 0.717) is 31.6 Å². The lowest BCUT2D eigenvalue weighted by Gasteiger charge is -2.36. The molecule has 1 aromatic carbocycles. The van der Waals surface area contributed by atoms with Gasteiger partial charge in [-0.25, -0.2) is 0 Å². The molecule has 1 N–H and O–H groups in total. The third-order valence-electron chi connectivity index (χ3n) is 3.51. The number of anilines is 1. The van der Waals surface area contributed by atoms with Crippen LogP contribution in [-0.4, -0.2) is 28.7 Å². The fraction of sp³-hybridized carbons (Fsp3) is 0.538. The van der Waals surface area contributed by atoms with Crippen molar-refractivity contribution in [3.8, 4) is 0 Å². The lowest BCUT2D eigenvalue weighted by Crippen LogP contribution is -2.42. The Morgan fingerprint density at radius 1 is 1.39 bits per heavy atom. The largest absolute Gasteiger partial charge is 0.390 e. The monoisotopic (exact) mass is 250 g/mol. The Hall–Kier alpha value is -1.62. The number of nitro benzene ring substituents is 1. The molecule has 0 aliphatic carbocycles. The molecular formula is C13H18N2O3. The van der Waals surface area contributed by atoms with Crippen LogP contribution in [0.15, 0.2) is 18.2 Å². The van der Waals surface area contributed by atoms with Gasteiger partial charge in [-0.3, -0.25) is 10.1 Å². The lowest BCUT2D eigenvalue weighted by molar-refractivity contribution is -0.384. The smallest absolute Gasteiger partial charge is 0.292 e. The summed E-state index contributed by atoms with van der Waals surface area (Å²) in [6, 6.07) is 5.15. The van der Waals surface area contributed by atoms with Crippen LogP contribution in [0.4, 0.5) is 11.4 Å². The van der Waals surface area contributed by atoms with E-state index in [1.165, 1.54) is 0 Å². The molecule has 0 saturated carbocycles. The molecule has 0 radical (unpaired) electrons. The topological polar surface area (TPSA) is 66.6 Å². The SMILES string of the molecule is Cc1ccc([N+](=O)[O-])c(N2CCC(C)(O)CC2)c1. The number of aliphatic hydroxyl groups is 1. The predicted molar refractivity (Wildman–Crippen MR) is 69.9 cm³/mol. The maximum Gasteiger partial charge on any atom is 0.292 e. The van der Waals surface area contributed by atoms with Crippen LogP contribution in [0.2, 0.25) is 0 Å². The number of hydrogen-bond acceptors (Lipinski definition) is 4. The molecule has 1 fully saturated rings.